The van der Waals surface area contributed by atoms with Gasteiger partial charge in [0.15, 0.2) is 5.60 Å². The molecule has 0 bridgehead atoms. The van der Waals surface area contributed by atoms with E-state index in [2.05, 4.69) is 0 Å². The largest absolute Gasteiger partial charge is 0.424 e. The fraction of sp³-hybridized carbons (Fsp3) is 0.300. The van der Waals surface area contributed by atoms with Gasteiger partial charge in [0, 0.05) is 6.54 Å². The van der Waals surface area contributed by atoms with Crippen molar-refractivity contribution in [2.45, 2.75) is 12.5 Å². The molecular formula is C10H13NO3. The lowest BCUT2D eigenvalue weighted by atomic mass is 10.1. The van der Waals surface area contributed by atoms with E-state index < -0.39 is 11.6 Å². The number of rotatable bonds is 3. The third-order valence-corrected chi connectivity index (χ3v) is 1.79. The molecule has 0 heterocycles. The van der Waals surface area contributed by atoms with Gasteiger partial charge in [-0.25, -0.2) is 4.79 Å². The van der Waals surface area contributed by atoms with Gasteiger partial charge in [-0.15, -0.1) is 0 Å². The van der Waals surface area contributed by atoms with E-state index in [1.54, 1.807) is 30.3 Å². The maximum absolute atomic E-state index is 11.3. The average Bonchev–Trinajstić information content (AvgIpc) is 2.19. The van der Waals surface area contributed by atoms with Gasteiger partial charge in [-0.05, 0) is 19.1 Å². The minimum Gasteiger partial charge on any atom is -0.424 e. The van der Waals surface area contributed by atoms with Crippen molar-refractivity contribution in [3.05, 3.63) is 30.3 Å². The molecule has 4 nitrogen and oxygen atoms in total. The first-order chi connectivity index (χ1) is 6.56. The molecule has 0 saturated carbocycles. The summed E-state index contributed by atoms with van der Waals surface area (Å²) < 4.78 is 4.90. The summed E-state index contributed by atoms with van der Waals surface area (Å²) in [6, 6.07) is 8.53. The number of carbonyl (C=O) groups excluding carboxylic acids is 1. The highest BCUT2D eigenvalue weighted by Gasteiger charge is 2.30. The third-order valence-electron chi connectivity index (χ3n) is 1.79. The molecule has 1 atom stereocenters. The number of carbonyl (C=O) groups is 1. The zero-order valence-corrected chi connectivity index (χ0v) is 7.93. The van der Waals surface area contributed by atoms with Crippen molar-refractivity contribution in [2.75, 3.05) is 6.54 Å². The van der Waals surface area contributed by atoms with Crippen molar-refractivity contribution in [3.63, 3.8) is 0 Å². The summed E-state index contributed by atoms with van der Waals surface area (Å²) in [5, 5.41) is 9.45. The Hall–Kier alpha value is -1.39. The summed E-state index contributed by atoms with van der Waals surface area (Å²) in [5.74, 6) is -0.350. The Labute approximate surface area is 82.3 Å². The Morgan fingerprint density at radius 2 is 2.07 bits per heavy atom. The van der Waals surface area contributed by atoms with Crippen molar-refractivity contribution in [1.29, 1.82) is 0 Å². The number of esters is 1. The lowest BCUT2D eigenvalue weighted by molar-refractivity contribution is -0.152. The molecule has 0 amide bonds. The second-order valence-electron chi connectivity index (χ2n) is 3.18. The summed E-state index contributed by atoms with van der Waals surface area (Å²) in [5.41, 5.74) is 3.58. The van der Waals surface area contributed by atoms with Crippen LogP contribution in [0.3, 0.4) is 0 Å². The Kier molecular flexibility index (Phi) is 3.22. The molecular weight excluding hydrogens is 182 g/mol. The molecule has 0 aliphatic heterocycles. The van der Waals surface area contributed by atoms with Crippen LogP contribution < -0.4 is 10.5 Å². The smallest absolute Gasteiger partial charge is 0.344 e. The maximum Gasteiger partial charge on any atom is 0.344 e. The predicted molar refractivity (Wildman–Crippen MR) is 51.8 cm³/mol. The standard InChI is InChI=1S/C10H13NO3/c1-10(13,7-11)9(12)14-8-5-3-2-4-6-8/h2-6,13H,7,11H2,1H3. The Morgan fingerprint density at radius 1 is 1.50 bits per heavy atom. The van der Waals surface area contributed by atoms with Crippen molar-refractivity contribution in [3.8, 4) is 5.75 Å². The molecule has 1 aromatic carbocycles. The number of hydrogen-bond donors (Lipinski definition) is 2. The maximum atomic E-state index is 11.3. The van der Waals surface area contributed by atoms with E-state index in [0.29, 0.717) is 5.75 Å². The van der Waals surface area contributed by atoms with Crippen LogP contribution in [0.1, 0.15) is 6.92 Å². The van der Waals surface area contributed by atoms with E-state index in [9.17, 15) is 9.90 Å². The number of benzene rings is 1. The van der Waals surface area contributed by atoms with Crippen LogP contribution in [-0.4, -0.2) is 23.2 Å². The van der Waals surface area contributed by atoms with Crippen LogP contribution in [-0.2, 0) is 4.79 Å². The SMILES string of the molecule is CC(O)(CN)C(=O)Oc1ccccc1. The summed E-state index contributed by atoms with van der Waals surface area (Å²) in [7, 11) is 0. The second-order valence-corrected chi connectivity index (χ2v) is 3.18. The van der Waals surface area contributed by atoms with Gasteiger partial charge in [0.2, 0.25) is 0 Å². The first-order valence-corrected chi connectivity index (χ1v) is 4.26. The molecule has 1 aromatic rings. The number of hydrogen-bond acceptors (Lipinski definition) is 4. The molecule has 0 spiro atoms. The van der Waals surface area contributed by atoms with E-state index in [4.69, 9.17) is 10.5 Å². The predicted octanol–water partition coefficient (Wildman–Crippen LogP) is 0.302. The van der Waals surface area contributed by atoms with Crippen LogP contribution in [0.15, 0.2) is 30.3 Å². The van der Waals surface area contributed by atoms with Gasteiger partial charge in [0.05, 0.1) is 0 Å². The first kappa shape index (κ1) is 10.7. The second kappa shape index (κ2) is 4.21. The highest BCUT2D eigenvalue weighted by Crippen LogP contribution is 2.12. The van der Waals surface area contributed by atoms with E-state index >= 15 is 0 Å². The van der Waals surface area contributed by atoms with Crippen molar-refractivity contribution in [2.24, 2.45) is 5.73 Å². The fourth-order valence-electron chi connectivity index (χ4n) is 0.789. The number of aliphatic hydroxyl groups is 1. The van der Waals surface area contributed by atoms with Crippen molar-refractivity contribution >= 4 is 5.97 Å². The van der Waals surface area contributed by atoms with E-state index in [0.717, 1.165) is 0 Å². The van der Waals surface area contributed by atoms with Crippen LogP contribution in [0.5, 0.6) is 5.75 Å². The quantitative estimate of drug-likeness (QED) is 0.537. The monoisotopic (exact) mass is 195 g/mol. The third kappa shape index (κ3) is 2.55. The molecule has 0 radical (unpaired) electrons. The minimum absolute atomic E-state index is 0.168. The molecule has 1 unspecified atom stereocenters. The average molecular weight is 195 g/mol. The fourth-order valence-corrected chi connectivity index (χ4v) is 0.789. The number of para-hydroxylation sites is 1. The van der Waals surface area contributed by atoms with Gasteiger partial charge >= 0.3 is 5.97 Å². The molecule has 3 N–H and O–H groups in total. The van der Waals surface area contributed by atoms with E-state index in [1.807, 2.05) is 0 Å². The molecule has 14 heavy (non-hydrogen) atoms. The molecule has 4 heteroatoms. The Morgan fingerprint density at radius 3 is 2.57 bits per heavy atom. The summed E-state index contributed by atoms with van der Waals surface area (Å²) in [6.07, 6.45) is 0. The number of ether oxygens (including phenoxy) is 1. The zero-order valence-electron chi connectivity index (χ0n) is 7.93. The van der Waals surface area contributed by atoms with Crippen molar-refractivity contribution < 1.29 is 14.6 Å². The molecule has 76 valence electrons. The Balaban J connectivity index is 2.67. The topological polar surface area (TPSA) is 72.5 Å². The normalized spacial score (nSPS) is 14.5. The van der Waals surface area contributed by atoms with Gasteiger partial charge in [0.1, 0.15) is 5.75 Å². The van der Waals surface area contributed by atoms with Gasteiger partial charge in [0.25, 0.3) is 0 Å². The van der Waals surface area contributed by atoms with Gasteiger partial charge in [-0.3, -0.25) is 0 Å². The van der Waals surface area contributed by atoms with Crippen LogP contribution >= 0.6 is 0 Å². The highest BCUT2D eigenvalue weighted by atomic mass is 16.6. The van der Waals surface area contributed by atoms with E-state index in [-0.39, 0.29) is 6.54 Å². The molecule has 1 rings (SSSR count). The van der Waals surface area contributed by atoms with Crippen LogP contribution in [0, 0.1) is 0 Å². The van der Waals surface area contributed by atoms with Gasteiger partial charge in [-0.2, -0.15) is 0 Å². The zero-order chi connectivity index (χ0) is 10.6. The van der Waals surface area contributed by atoms with Gasteiger partial charge < -0.3 is 15.6 Å². The minimum atomic E-state index is -1.63. The number of nitrogens with two attached hydrogens (primary N) is 1. The Bertz CT molecular complexity index is 308. The van der Waals surface area contributed by atoms with E-state index in [1.165, 1.54) is 6.92 Å². The molecule has 0 saturated heterocycles. The lowest BCUT2D eigenvalue weighted by Gasteiger charge is -2.18. The molecule has 0 aromatic heterocycles. The molecule has 0 fully saturated rings. The summed E-state index contributed by atoms with van der Waals surface area (Å²) >= 11 is 0. The lowest BCUT2D eigenvalue weighted by Crippen LogP contribution is -2.45. The molecule has 0 aliphatic carbocycles. The van der Waals surface area contributed by atoms with Crippen molar-refractivity contribution in [1.82, 2.24) is 0 Å². The van der Waals surface area contributed by atoms with Crippen LogP contribution in [0.25, 0.3) is 0 Å². The van der Waals surface area contributed by atoms with Gasteiger partial charge in [-0.1, -0.05) is 18.2 Å². The highest BCUT2D eigenvalue weighted by molar-refractivity contribution is 5.81. The first-order valence-electron chi connectivity index (χ1n) is 4.26. The van der Waals surface area contributed by atoms with Crippen LogP contribution in [0.4, 0.5) is 0 Å². The van der Waals surface area contributed by atoms with Crippen LogP contribution in [0.2, 0.25) is 0 Å². The molecule has 0 aliphatic rings. The summed E-state index contributed by atoms with van der Waals surface area (Å²) in [6.45, 7) is 1.15. The summed E-state index contributed by atoms with van der Waals surface area (Å²) in [4.78, 5) is 11.3.